The van der Waals surface area contributed by atoms with E-state index in [-0.39, 0.29) is 6.04 Å². The highest BCUT2D eigenvalue weighted by atomic mass is 32.2. The summed E-state index contributed by atoms with van der Waals surface area (Å²) < 4.78 is 7.37. The van der Waals surface area contributed by atoms with E-state index in [0.717, 1.165) is 27.0 Å². The van der Waals surface area contributed by atoms with E-state index >= 15 is 0 Å². The molecule has 0 radical (unpaired) electrons. The molecule has 6 heteroatoms. The standard InChI is InChI=1S/C15H16N4OS/c1-10(16)14-11(20-2)6-5-7-12(14)21-15-18-17-13-8-3-4-9-19(13)15/h3-10H,16H2,1-2H3/t10-/m0/s1. The minimum absolute atomic E-state index is 0.122. The van der Waals surface area contributed by atoms with Gasteiger partial charge in [-0.3, -0.25) is 4.40 Å². The van der Waals surface area contributed by atoms with Gasteiger partial charge >= 0.3 is 0 Å². The molecule has 0 aliphatic rings. The molecule has 21 heavy (non-hydrogen) atoms. The SMILES string of the molecule is COc1cccc(Sc2nnc3ccccn23)c1[C@H](C)N. The van der Waals surface area contributed by atoms with Gasteiger partial charge in [0.25, 0.3) is 0 Å². The van der Waals surface area contributed by atoms with Crippen LogP contribution in [-0.4, -0.2) is 21.7 Å². The number of benzene rings is 1. The lowest BCUT2D eigenvalue weighted by Crippen LogP contribution is -2.08. The Morgan fingerprint density at radius 2 is 2.05 bits per heavy atom. The number of ether oxygens (including phenoxy) is 1. The molecule has 3 rings (SSSR count). The Kier molecular flexibility index (Phi) is 3.81. The maximum Gasteiger partial charge on any atom is 0.200 e. The van der Waals surface area contributed by atoms with Crippen molar-refractivity contribution >= 4 is 17.4 Å². The van der Waals surface area contributed by atoms with Crippen molar-refractivity contribution in [2.75, 3.05) is 7.11 Å². The van der Waals surface area contributed by atoms with Crippen LogP contribution in [0.4, 0.5) is 0 Å². The van der Waals surface area contributed by atoms with E-state index in [9.17, 15) is 0 Å². The van der Waals surface area contributed by atoms with Gasteiger partial charge in [-0.15, -0.1) is 10.2 Å². The maximum absolute atomic E-state index is 6.10. The zero-order valence-electron chi connectivity index (χ0n) is 11.9. The quantitative estimate of drug-likeness (QED) is 0.802. The Balaban J connectivity index is 2.05. The fraction of sp³-hybridized carbons (Fsp3) is 0.200. The van der Waals surface area contributed by atoms with Crippen LogP contribution in [0.3, 0.4) is 0 Å². The number of nitrogens with zero attached hydrogens (tertiary/aromatic N) is 3. The van der Waals surface area contributed by atoms with Crippen LogP contribution in [0, 0.1) is 0 Å². The van der Waals surface area contributed by atoms with Crippen molar-refractivity contribution in [2.24, 2.45) is 5.73 Å². The van der Waals surface area contributed by atoms with Gasteiger partial charge in [0.1, 0.15) is 5.75 Å². The summed E-state index contributed by atoms with van der Waals surface area (Å²) in [6.07, 6.45) is 1.95. The summed E-state index contributed by atoms with van der Waals surface area (Å²) in [5.74, 6) is 0.795. The summed E-state index contributed by atoms with van der Waals surface area (Å²) in [6.45, 7) is 1.95. The van der Waals surface area contributed by atoms with Crippen molar-refractivity contribution in [1.82, 2.24) is 14.6 Å². The highest BCUT2D eigenvalue weighted by Crippen LogP contribution is 2.37. The lowest BCUT2D eigenvalue weighted by atomic mass is 10.1. The second-order valence-electron chi connectivity index (χ2n) is 4.67. The normalized spacial score (nSPS) is 12.5. The van der Waals surface area contributed by atoms with Gasteiger partial charge in [0.2, 0.25) is 0 Å². The molecule has 1 atom stereocenters. The van der Waals surface area contributed by atoms with E-state index < -0.39 is 0 Å². The third-order valence-corrected chi connectivity index (χ3v) is 4.22. The van der Waals surface area contributed by atoms with Crippen molar-refractivity contribution in [3.05, 3.63) is 48.2 Å². The van der Waals surface area contributed by atoms with Crippen LogP contribution in [0.5, 0.6) is 5.75 Å². The zero-order valence-corrected chi connectivity index (χ0v) is 12.7. The lowest BCUT2D eigenvalue weighted by Gasteiger charge is -2.15. The van der Waals surface area contributed by atoms with Gasteiger partial charge in [-0.25, -0.2) is 0 Å². The van der Waals surface area contributed by atoms with Crippen LogP contribution >= 0.6 is 11.8 Å². The molecule has 2 aromatic heterocycles. The second-order valence-corrected chi connectivity index (χ2v) is 5.68. The Hall–Kier alpha value is -2.05. The van der Waals surface area contributed by atoms with Crippen molar-refractivity contribution in [3.8, 4) is 5.75 Å². The average Bonchev–Trinajstić information content (AvgIpc) is 2.90. The van der Waals surface area contributed by atoms with Crippen molar-refractivity contribution in [2.45, 2.75) is 23.0 Å². The summed E-state index contributed by atoms with van der Waals surface area (Å²) in [6, 6.07) is 11.6. The van der Waals surface area contributed by atoms with E-state index in [2.05, 4.69) is 10.2 Å². The molecular formula is C15H16N4OS. The zero-order chi connectivity index (χ0) is 14.8. The monoisotopic (exact) mass is 300 g/mol. The molecule has 5 nitrogen and oxygen atoms in total. The van der Waals surface area contributed by atoms with E-state index in [0.29, 0.717) is 0 Å². The number of hydrogen-bond acceptors (Lipinski definition) is 5. The molecule has 0 spiro atoms. The predicted molar refractivity (Wildman–Crippen MR) is 82.7 cm³/mol. The summed E-state index contributed by atoms with van der Waals surface area (Å²) in [4.78, 5) is 1.03. The second kappa shape index (κ2) is 5.75. The van der Waals surface area contributed by atoms with Crippen LogP contribution in [0.1, 0.15) is 18.5 Å². The number of rotatable bonds is 4. The van der Waals surface area contributed by atoms with Crippen molar-refractivity contribution < 1.29 is 4.74 Å². The van der Waals surface area contributed by atoms with Gasteiger partial charge in [-0.1, -0.05) is 12.1 Å². The topological polar surface area (TPSA) is 65.4 Å². The fourth-order valence-corrected chi connectivity index (χ4v) is 3.30. The average molecular weight is 300 g/mol. The van der Waals surface area contributed by atoms with Gasteiger partial charge in [-0.05, 0) is 43.0 Å². The molecule has 0 aliphatic carbocycles. The first-order chi connectivity index (χ1) is 10.2. The van der Waals surface area contributed by atoms with Gasteiger partial charge < -0.3 is 10.5 Å². The molecule has 108 valence electrons. The summed E-state index contributed by atoms with van der Waals surface area (Å²) >= 11 is 1.54. The first kappa shape index (κ1) is 13.9. The number of aromatic nitrogens is 3. The molecule has 2 heterocycles. The Bertz CT molecular complexity index is 769. The van der Waals surface area contributed by atoms with Crippen LogP contribution in [0.15, 0.2) is 52.6 Å². The fourth-order valence-electron chi connectivity index (χ4n) is 2.23. The molecule has 0 aliphatic heterocycles. The summed E-state index contributed by atoms with van der Waals surface area (Å²) in [5, 5.41) is 9.21. The van der Waals surface area contributed by atoms with Gasteiger partial charge in [0.15, 0.2) is 10.8 Å². The third kappa shape index (κ3) is 2.59. The minimum atomic E-state index is -0.122. The highest BCUT2D eigenvalue weighted by molar-refractivity contribution is 7.99. The van der Waals surface area contributed by atoms with Crippen LogP contribution in [-0.2, 0) is 0 Å². The predicted octanol–water partition coefficient (Wildman–Crippen LogP) is 2.91. The molecule has 0 bridgehead atoms. The van der Waals surface area contributed by atoms with Gasteiger partial charge in [-0.2, -0.15) is 0 Å². The number of methoxy groups -OCH3 is 1. The number of pyridine rings is 1. The summed E-state index contributed by atoms with van der Waals surface area (Å²) in [5.41, 5.74) is 7.90. The van der Waals surface area contributed by atoms with E-state index in [1.54, 1.807) is 7.11 Å². The number of fused-ring (bicyclic) bond motifs is 1. The molecule has 0 amide bonds. The highest BCUT2D eigenvalue weighted by Gasteiger charge is 2.16. The molecule has 2 N–H and O–H groups in total. The summed E-state index contributed by atoms with van der Waals surface area (Å²) in [7, 11) is 1.65. The first-order valence-electron chi connectivity index (χ1n) is 6.61. The van der Waals surface area contributed by atoms with E-state index in [1.807, 2.05) is 53.9 Å². The maximum atomic E-state index is 6.10. The Morgan fingerprint density at radius 3 is 2.81 bits per heavy atom. The van der Waals surface area contributed by atoms with Crippen molar-refractivity contribution in [1.29, 1.82) is 0 Å². The smallest absolute Gasteiger partial charge is 0.200 e. The lowest BCUT2D eigenvalue weighted by molar-refractivity contribution is 0.405. The largest absolute Gasteiger partial charge is 0.496 e. The number of hydrogen-bond donors (Lipinski definition) is 1. The van der Waals surface area contributed by atoms with E-state index in [1.165, 1.54) is 11.8 Å². The molecule has 0 saturated carbocycles. The van der Waals surface area contributed by atoms with Crippen LogP contribution in [0.2, 0.25) is 0 Å². The van der Waals surface area contributed by atoms with Gasteiger partial charge in [0.05, 0.1) is 7.11 Å². The third-order valence-electron chi connectivity index (χ3n) is 3.19. The first-order valence-corrected chi connectivity index (χ1v) is 7.42. The number of nitrogens with two attached hydrogens (primary N) is 1. The van der Waals surface area contributed by atoms with E-state index in [4.69, 9.17) is 10.5 Å². The van der Waals surface area contributed by atoms with Crippen LogP contribution < -0.4 is 10.5 Å². The minimum Gasteiger partial charge on any atom is -0.496 e. The Labute approximate surface area is 127 Å². The van der Waals surface area contributed by atoms with Crippen molar-refractivity contribution in [3.63, 3.8) is 0 Å². The molecule has 3 aromatic rings. The molecular weight excluding hydrogens is 284 g/mol. The molecule has 1 aromatic carbocycles. The molecule has 0 unspecified atom stereocenters. The molecule has 0 saturated heterocycles. The van der Waals surface area contributed by atoms with Gasteiger partial charge in [0, 0.05) is 22.7 Å². The van der Waals surface area contributed by atoms with Crippen LogP contribution in [0.25, 0.3) is 5.65 Å². The molecule has 0 fully saturated rings. The Morgan fingerprint density at radius 1 is 1.19 bits per heavy atom.